The minimum Gasteiger partial charge on any atom is -0.462 e. The molecule has 0 saturated carbocycles. The number of rotatable bonds is 8. The summed E-state index contributed by atoms with van der Waals surface area (Å²) in [5, 5.41) is 19.0. The molecule has 0 aliphatic rings. The van der Waals surface area contributed by atoms with Crippen LogP contribution in [-0.2, 0) is 27.4 Å². The van der Waals surface area contributed by atoms with Gasteiger partial charge < -0.3 is 19.8 Å². The number of esters is 2. The zero-order valence-corrected chi connectivity index (χ0v) is 19.6. The van der Waals surface area contributed by atoms with E-state index in [0.29, 0.717) is 5.92 Å². The number of nitriles is 2. The van der Waals surface area contributed by atoms with E-state index >= 15 is 0 Å². The van der Waals surface area contributed by atoms with Crippen molar-refractivity contribution in [1.82, 2.24) is 4.57 Å². The summed E-state index contributed by atoms with van der Waals surface area (Å²) < 4.78 is 12.4. The number of anilines is 1. The highest BCUT2D eigenvalue weighted by molar-refractivity contribution is 7.18. The van der Waals surface area contributed by atoms with Crippen molar-refractivity contribution >= 4 is 34.4 Å². The molecule has 2 rings (SSSR count). The number of thiophene rings is 1. The first-order valence-corrected chi connectivity index (χ1v) is 10.9. The third-order valence-corrected chi connectivity index (χ3v) is 5.80. The van der Waals surface area contributed by atoms with Gasteiger partial charge in [0.25, 0.3) is 0 Å². The molecule has 0 radical (unpaired) electrons. The molecule has 2 N–H and O–H groups in total. The Hall–Kier alpha value is -3.56. The van der Waals surface area contributed by atoms with E-state index in [2.05, 4.69) is 18.4 Å². The zero-order chi connectivity index (χ0) is 24.0. The minimum absolute atomic E-state index is 0.0607. The number of hydrogen-bond acceptors (Lipinski definition) is 8. The predicted octanol–water partition coefficient (Wildman–Crippen LogP) is 4.10. The Kier molecular flexibility index (Phi) is 8.22. The van der Waals surface area contributed by atoms with Gasteiger partial charge in [0, 0.05) is 23.5 Å². The van der Waals surface area contributed by atoms with Crippen molar-refractivity contribution < 1.29 is 19.1 Å². The van der Waals surface area contributed by atoms with Gasteiger partial charge in [0.15, 0.2) is 0 Å². The van der Waals surface area contributed by atoms with Crippen molar-refractivity contribution in [3.05, 3.63) is 44.6 Å². The van der Waals surface area contributed by atoms with Gasteiger partial charge in [-0.1, -0.05) is 13.8 Å². The molecule has 168 valence electrons. The summed E-state index contributed by atoms with van der Waals surface area (Å²) in [6.07, 6.45) is 1.49. The highest BCUT2D eigenvalue weighted by atomic mass is 32.1. The van der Waals surface area contributed by atoms with Crippen LogP contribution in [0.5, 0.6) is 0 Å². The summed E-state index contributed by atoms with van der Waals surface area (Å²) in [4.78, 5) is 24.9. The smallest absolute Gasteiger partial charge is 0.349 e. The number of carbonyl (C=O) groups excluding carboxylic acids is 2. The van der Waals surface area contributed by atoms with Crippen LogP contribution in [0.2, 0.25) is 0 Å². The lowest BCUT2D eigenvalue weighted by atomic mass is 10.1. The molecule has 2 aromatic heterocycles. The molecule has 0 spiro atoms. The van der Waals surface area contributed by atoms with Crippen molar-refractivity contribution in [2.75, 3.05) is 12.3 Å². The quantitative estimate of drug-likeness (QED) is 0.361. The number of ether oxygens (including phenoxy) is 2. The zero-order valence-electron chi connectivity index (χ0n) is 18.8. The molecule has 0 atom stereocenters. The Morgan fingerprint density at radius 2 is 1.97 bits per heavy atom. The number of hydrogen-bond donors (Lipinski definition) is 1. The fourth-order valence-corrected chi connectivity index (χ4v) is 4.15. The van der Waals surface area contributed by atoms with Gasteiger partial charge in [-0.2, -0.15) is 10.5 Å². The lowest BCUT2D eigenvalue weighted by Crippen LogP contribution is -2.11. The second-order valence-corrected chi connectivity index (χ2v) is 8.61. The van der Waals surface area contributed by atoms with Crippen LogP contribution in [0.1, 0.15) is 58.5 Å². The fourth-order valence-electron chi connectivity index (χ4n) is 3.23. The van der Waals surface area contributed by atoms with E-state index in [1.54, 1.807) is 6.92 Å². The van der Waals surface area contributed by atoms with Gasteiger partial charge in [0.2, 0.25) is 0 Å². The van der Waals surface area contributed by atoms with Gasteiger partial charge in [-0.15, -0.1) is 11.3 Å². The van der Waals surface area contributed by atoms with E-state index in [-0.39, 0.29) is 39.8 Å². The van der Waals surface area contributed by atoms with Crippen LogP contribution in [0, 0.1) is 42.4 Å². The predicted molar refractivity (Wildman–Crippen MR) is 122 cm³/mol. The number of aryl methyl sites for hydroxylation is 1. The van der Waals surface area contributed by atoms with E-state index in [1.165, 1.54) is 6.08 Å². The summed E-state index contributed by atoms with van der Waals surface area (Å²) in [6, 6.07) is 5.71. The molecule has 0 aliphatic heterocycles. The van der Waals surface area contributed by atoms with Crippen LogP contribution in [-0.4, -0.2) is 23.1 Å². The van der Waals surface area contributed by atoms with Crippen molar-refractivity contribution in [2.45, 2.75) is 47.8 Å². The van der Waals surface area contributed by atoms with Gasteiger partial charge in [0.1, 0.15) is 34.2 Å². The average Bonchev–Trinajstić information content (AvgIpc) is 3.20. The molecular weight excluding hydrogens is 428 g/mol. The molecular formula is C23H26N4O4S. The molecule has 0 aromatic carbocycles. The molecule has 0 saturated heterocycles. The Balaban J connectivity index is 2.29. The number of nitrogens with two attached hydrogens (primary N) is 1. The monoisotopic (exact) mass is 454 g/mol. The van der Waals surface area contributed by atoms with Gasteiger partial charge >= 0.3 is 11.9 Å². The van der Waals surface area contributed by atoms with E-state index < -0.39 is 11.9 Å². The van der Waals surface area contributed by atoms with Crippen LogP contribution in [0.15, 0.2) is 11.6 Å². The molecule has 32 heavy (non-hydrogen) atoms. The summed E-state index contributed by atoms with van der Waals surface area (Å²) in [5.74, 6) is -1.06. The molecule has 0 fully saturated rings. The largest absolute Gasteiger partial charge is 0.462 e. The van der Waals surface area contributed by atoms with Gasteiger partial charge in [-0.05, 0) is 44.4 Å². The molecule has 0 unspecified atom stereocenters. The first-order chi connectivity index (χ1) is 15.1. The maximum absolute atomic E-state index is 12.6. The van der Waals surface area contributed by atoms with E-state index in [9.17, 15) is 20.1 Å². The Bertz CT molecular complexity index is 1140. The SMILES string of the molecule is CCOC(=O)c1sc(N)c(C#N)c1COC(=O)/C(C#N)=C/c1cc(C)n(CC(C)C)c1C. The topological polar surface area (TPSA) is 131 Å². The summed E-state index contributed by atoms with van der Waals surface area (Å²) in [6.45, 7) is 10.4. The maximum Gasteiger partial charge on any atom is 0.349 e. The Morgan fingerprint density at radius 1 is 1.28 bits per heavy atom. The third-order valence-electron chi connectivity index (χ3n) is 4.76. The van der Waals surface area contributed by atoms with Crippen molar-refractivity contribution in [3.63, 3.8) is 0 Å². The summed E-state index contributed by atoms with van der Waals surface area (Å²) in [7, 11) is 0. The van der Waals surface area contributed by atoms with Gasteiger partial charge in [-0.25, -0.2) is 9.59 Å². The van der Waals surface area contributed by atoms with Crippen molar-refractivity contribution in [3.8, 4) is 12.1 Å². The third kappa shape index (κ3) is 5.37. The maximum atomic E-state index is 12.6. The molecule has 2 heterocycles. The Morgan fingerprint density at radius 3 is 2.53 bits per heavy atom. The van der Waals surface area contributed by atoms with Gasteiger partial charge in [0.05, 0.1) is 12.2 Å². The molecule has 2 aromatic rings. The highest BCUT2D eigenvalue weighted by Crippen LogP contribution is 2.32. The second-order valence-electron chi connectivity index (χ2n) is 7.56. The number of nitrogens with zero attached hydrogens (tertiary/aromatic N) is 3. The summed E-state index contributed by atoms with van der Waals surface area (Å²) >= 11 is 0.900. The second kappa shape index (κ2) is 10.7. The minimum atomic E-state index is -0.857. The summed E-state index contributed by atoms with van der Waals surface area (Å²) in [5.41, 5.74) is 8.60. The van der Waals surface area contributed by atoms with E-state index in [0.717, 1.165) is 34.8 Å². The number of carbonyl (C=O) groups is 2. The standard InChI is InChI=1S/C23H26N4O4S/c1-6-30-23(29)20-19(18(10-25)21(26)32-20)12-31-22(28)17(9-24)8-16-7-14(4)27(15(16)5)11-13(2)3/h7-8,13H,6,11-12,26H2,1-5H3/b17-8+. The first-order valence-electron chi connectivity index (χ1n) is 10.1. The fraction of sp³-hybridized carbons (Fsp3) is 0.391. The number of aromatic nitrogens is 1. The van der Waals surface area contributed by atoms with Crippen molar-refractivity contribution in [2.24, 2.45) is 5.92 Å². The molecule has 0 bridgehead atoms. The van der Waals surface area contributed by atoms with Crippen LogP contribution in [0.4, 0.5) is 5.00 Å². The molecule has 8 nitrogen and oxygen atoms in total. The van der Waals surface area contributed by atoms with Crippen LogP contribution >= 0.6 is 11.3 Å². The van der Waals surface area contributed by atoms with Gasteiger partial charge in [-0.3, -0.25) is 0 Å². The highest BCUT2D eigenvalue weighted by Gasteiger charge is 2.24. The first kappa shape index (κ1) is 24.7. The molecule has 0 aliphatic carbocycles. The molecule has 9 heteroatoms. The lowest BCUT2D eigenvalue weighted by Gasteiger charge is -2.12. The van der Waals surface area contributed by atoms with Crippen LogP contribution < -0.4 is 5.73 Å². The van der Waals surface area contributed by atoms with Crippen LogP contribution in [0.3, 0.4) is 0 Å². The van der Waals surface area contributed by atoms with Crippen molar-refractivity contribution in [1.29, 1.82) is 10.5 Å². The van der Waals surface area contributed by atoms with E-state index in [1.807, 2.05) is 32.1 Å². The number of nitrogen functional groups attached to an aromatic ring is 1. The average molecular weight is 455 g/mol. The van der Waals surface area contributed by atoms with Crippen LogP contribution in [0.25, 0.3) is 6.08 Å². The Labute approximate surface area is 191 Å². The van der Waals surface area contributed by atoms with E-state index in [4.69, 9.17) is 15.2 Å². The molecule has 0 amide bonds. The lowest BCUT2D eigenvalue weighted by molar-refractivity contribution is -0.139. The normalized spacial score (nSPS) is 11.2.